The van der Waals surface area contributed by atoms with Gasteiger partial charge in [-0.05, 0) is 12.5 Å². The van der Waals surface area contributed by atoms with Gasteiger partial charge in [0.2, 0.25) is 0 Å². The molecule has 0 spiro atoms. The largest absolute Gasteiger partial charge is 0.350 e. The summed E-state index contributed by atoms with van der Waals surface area (Å²) in [5.41, 5.74) is 5.88. The molecule has 96 valence electrons. The molecule has 2 aromatic rings. The molecule has 0 unspecified atom stereocenters. The van der Waals surface area contributed by atoms with Gasteiger partial charge in [-0.25, -0.2) is 4.98 Å². The minimum Gasteiger partial charge on any atom is -0.350 e. The fourth-order valence-corrected chi connectivity index (χ4v) is 2.75. The first-order valence-electron chi connectivity index (χ1n) is 5.49. The molecular formula is C11H14N4O2S. The maximum atomic E-state index is 12.0. The Labute approximate surface area is 107 Å². The number of amides is 1. The van der Waals surface area contributed by atoms with E-state index in [9.17, 15) is 9.59 Å². The predicted molar refractivity (Wildman–Crippen MR) is 71.0 cm³/mol. The lowest BCUT2D eigenvalue weighted by Crippen LogP contribution is -2.28. The summed E-state index contributed by atoms with van der Waals surface area (Å²) in [6.07, 6.45) is 1.46. The minimum absolute atomic E-state index is 0.133. The van der Waals surface area contributed by atoms with Crippen molar-refractivity contribution in [3.05, 3.63) is 27.1 Å². The van der Waals surface area contributed by atoms with Gasteiger partial charge in [0, 0.05) is 20.1 Å². The Morgan fingerprint density at radius 2 is 2.33 bits per heavy atom. The molecule has 0 aliphatic carbocycles. The van der Waals surface area contributed by atoms with Crippen molar-refractivity contribution in [3.8, 4) is 0 Å². The molecule has 1 amide bonds. The van der Waals surface area contributed by atoms with E-state index in [-0.39, 0.29) is 11.5 Å². The van der Waals surface area contributed by atoms with Crippen LogP contribution in [0.2, 0.25) is 0 Å². The summed E-state index contributed by atoms with van der Waals surface area (Å²) < 4.78 is 1.41. The number of aryl methyl sites for hydroxylation is 2. The summed E-state index contributed by atoms with van der Waals surface area (Å²) in [6, 6.07) is 0. The molecule has 0 saturated carbocycles. The number of nitrogens with two attached hydrogens (primary N) is 1. The van der Waals surface area contributed by atoms with Gasteiger partial charge in [0.25, 0.3) is 11.5 Å². The number of rotatable bonds is 3. The van der Waals surface area contributed by atoms with Crippen LogP contribution in [0.25, 0.3) is 10.2 Å². The molecule has 2 aromatic heterocycles. The van der Waals surface area contributed by atoms with Crippen LogP contribution in [-0.4, -0.2) is 28.5 Å². The molecule has 6 nitrogen and oxygen atoms in total. The molecule has 0 aromatic carbocycles. The van der Waals surface area contributed by atoms with E-state index < -0.39 is 0 Å². The van der Waals surface area contributed by atoms with E-state index in [1.165, 1.54) is 22.2 Å². The van der Waals surface area contributed by atoms with Crippen LogP contribution in [0.5, 0.6) is 0 Å². The van der Waals surface area contributed by atoms with Crippen molar-refractivity contribution >= 4 is 27.5 Å². The van der Waals surface area contributed by atoms with E-state index in [0.717, 1.165) is 0 Å². The van der Waals surface area contributed by atoms with Crippen molar-refractivity contribution in [3.63, 3.8) is 0 Å². The van der Waals surface area contributed by atoms with Gasteiger partial charge < -0.3 is 15.6 Å². The van der Waals surface area contributed by atoms with Crippen molar-refractivity contribution < 1.29 is 4.79 Å². The number of aromatic nitrogens is 2. The van der Waals surface area contributed by atoms with Crippen LogP contribution in [0.15, 0.2) is 11.1 Å². The van der Waals surface area contributed by atoms with Crippen LogP contribution < -0.4 is 16.6 Å². The minimum atomic E-state index is -0.206. The van der Waals surface area contributed by atoms with Crippen LogP contribution in [0, 0.1) is 6.92 Å². The number of carbonyl (C=O) groups excluding carboxylic acids is 1. The topological polar surface area (TPSA) is 90.0 Å². The zero-order chi connectivity index (χ0) is 13.3. The second kappa shape index (κ2) is 4.87. The van der Waals surface area contributed by atoms with Gasteiger partial charge in [0.15, 0.2) is 0 Å². The quantitative estimate of drug-likeness (QED) is 0.817. The number of nitrogens with one attached hydrogen (secondary N) is 1. The highest BCUT2D eigenvalue weighted by molar-refractivity contribution is 7.20. The van der Waals surface area contributed by atoms with Crippen LogP contribution in [0.4, 0.5) is 0 Å². The first kappa shape index (κ1) is 12.7. The predicted octanol–water partition coefficient (Wildman–Crippen LogP) is -0.00808. The third-order valence-corrected chi connectivity index (χ3v) is 3.85. The van der Waals surface area contributed by atoms with Gasteiger partial charge in [-0.1, -0.05) is 0 Å². The maximum absolute atomic E-state index is 12.0. The Morgan fingerprint density at radius 3 is 3.00 bits per heavy atom. The van der Waals surface area contributed by atoms with E-state index in [2.05, 4.69) is 10.3 Å². The number of thiophene rings is 1. The highest BCUT2D eigenvalue weighted by Gasteiger charge is 2.18. The van der Waals surface area contributed by atoms with E-state index in [0.29, 0.717) is 33.7 Å². The average Bonchev–Trinajstić information content (AvgIpc) is 2.69. The third-order valence-electron chi connectivity index (χ3n) is 2.65. The molecule has 0 atom stereocenters. The van der Waals surface area contributed by atoms with Crippen molar-refractivity contribution in [2.45, 2.75) is 6.92 Å². The SMILES string of the molecule is Cc1c(C(=O)NCCN)sc2ncn(C)c(=O)c12. The number of hydrogen-bond donors (Lipinski definition) is 2. The Bertz CT molecular complexity index is 659. The molecule has 0 aliphatic heterocycles. The Morgan fingerprint density at radius 1 is 1.61 bits per heavy atom. The number of fused-ring (bicyclic) bond motifs is 1. The molecule has 18 heavy (non-hydrogen) atoms. The molecule has 0 saturated heterocycles. The van der Waals surface area contributed by atoms with E-state index in [1.54, 1.807) is 14.0 Å². The van der Waals surface area contributed by atoms with E-state index in [4.69, 9.17) is 5.73 Å². The number of carbonyl (C=O) groups is 1. The summed E-state index contributed by atoms with van der Waals surface area (Å²) in [4.78, 5) is 29.2. The lowest BCUT2D eigenvalue weighted by molar-refractivity contribution is 0.0958. The van der Waals surface area contributed by atoms with Crippen LogP contribution in [0.1, 0.15) is 15.2 Å². The maximum Gasteiger partial charge on any atom is 0.262 e. The summed E-state index contributed by atoms with van der Waals surface area (Å²) in [6.45, 7) is 2.56. The van der Waals surface area contributed by atoms with Gasteiger partial charge in [0.05, 0.1) is 16.6 Å². The smallest absolute Gasteiger partial charge is 0.262 e. The van der Waals surface area contributed by atoms with Gasteiger partial charge in [0.1, 0.15) is 4.83 Å². The first-order valence-corrected chi connectivity index (χ1v) is 6.31. The lowest BCUT2D eigenvalue weighted by Gasteiger charge is -2.01. The van der Waals surface area contributed by atoms with Crippen molar-refractivity contribution in [2.24, 2.45) is 12.8 Å². The van der Waals surface area contributed by atoms with Crippen molar-refractivity contribution in [2.75, 3.05) is 13.1 Å². The first-order chi connectivity index (χ1) is 8.56. The Kier molecular flexibility index (Phi) is 3.44. The molecule has 2 rings (SSSR count). The molecule has 7 heteroatoms. The molecular weight excluding hydrogens is 252 g/mol. The summed E-state index contributed by atoms with van der Waals surface area (Å²) in [5, 5.41) is 3.21. The van der Waals surface area contributed by atoms with Crippen LogP contribution in [-0.2, 0) is 7.05 Å². The molecule has 2 heterocycles. The summed E-state index contributed by atoms with van der Waals surface area (Å²) in [7, 11) is 1.64. The van der Waals surface area contributed by atoms with Gasteiger partial charge in [-0.15, -0.1) is 11.3 Å². The molecule has 0 bridgehead atoms. The second-order valence-electron chi connectivity index (χ2n) is 3.94. The van der Waals surface area contributed by atoms with E-state index >= 15 is 0 Å². The highest BCUT2D eigenvalue weighted by atomic mass is 32.1. The zero-order valence-electron chi connectivity index (χ0n) is 10.2. The standard InChI is InChI=1S/C11H14N4O2S/c1-6-7-10(14-5-15(2)11(7)17)18-8(6)9(16)13-4-3-12/h5H,3-4,12H2,1-2H3,(H,13,16). The number of nitrogens with zero attached hydrogens (tertiary/aromatic N) is 2. The van der Waals surface area contributed by atoms with E-state index in [1.807, 2.05) is 0 Å². The average molecular weight is 266 g/mol. The monoisotopic (exact) mass is 266 g/mol. The Hall–Kier alpha value is -1.73. The fraction of sp³-hybridized carbons (Fsp3) is 0.364. The fourth-order valence-electron chi connectivity index (χ4n) is 1.69. The van der Waals surface area contributed by atoms with Crippen molar-refractivity contribution in [1.29, 1.82) is 0 Å². The van der Waals surface area contributed by atoms with Crippen LogP contribution in [0.3, 0.4) is 0 Å². The normalized spacial score (nSPS) is 10.8. The molecule has 3 N–H and O–H groups in total. The third kappa shape index (κ3) is 2.02. The zero-order valence-corrected chi connectivity index (χ0v) is 11.0. The molecule has 0 aliphatic rings. The lowest BCUT2D eigenvalue weighted by atomic mass is 10.2. The highest BCUT2D eigenvalue weighted by Crippen LogP contribution is 2.26. The van der Waals surface area contributed by atoms with Gasteiger partial charge in [-0.3, -0.25) is 9.59 Å². The van der Waals surface area contributed by atoms with Crippen molar-refractivity contribution in [1.82, 2.24) is 14.9 Å². The number of hydrogen-bond acceptors (Lipinski definition) is 5. The van der Waals surface area contributed by atoms with Crippen LogP contribution >= 0.6 is 11.3 Å². The summed E-state index contributed by atoms with van der Waals surface area (Å²) in [5.74, 6) is -0.206. The van der Waals surface area contributed by atoms with Gasteiger partial charge in [-0.2, -0.15) is 0 Å². The van der Waals surface area contributed by atoms with Gasteiger partial charge >= 0.3 is 0 Å². The summed E-state index contributed by atoms with van der Waals surface area (Å²) >= 11 is 1.23. The molecule has 0 radical (unpaired) electrons. The Balaban J connectivity index is 2.55. The second-order valence-corrected chi connectivity index (χ2v) is 4.94. The molecule has 0 fully saturated rings.